The Labute approximate surface area is 62.3 Å². The third-order valence-corrected chi connectivity index (χ3v) is 1.38. The molecule has 0 atom stereocenters. The van der Waals surface area contributed by atoms with E-state index in [2.05, 4.69) is 25.6 Å². The lowest BCUT2D eigenvalue weighted by Gasteiger charge is -1.92. The van der Waals surface area contributed by atoms with Gasteiger partial charge >= 0.3 is 0 Å². The van der Waals surface area contributed by atoms with Crippen molar-refractivity contribution in [2.75, 3.05) is 0 Å². The van der Waals surface area contributed by atoms with E-state index >= 15 is 0 Å². The lowest BCUT2D eigenvalue weighted by molar-refractivity contribution is 0.881. The first-order valence-electron chi connectivity index (χ1n) is 3.09. The molecule has 6 heteroatoms. The van der Waals surface area contributed by atoms with E-state index in [0.717, 1.165) is 5.82 Å². The molecule has 0 radical (unpaired) electrons. The molecular weight excluding hydrogens is 144 g/mol. The molecule has 0 aliphatic heterocycles. The normalized spacial score (nSPS) is 10.3. The number of imidazole rings is 1. The molecule has 56 valence electrons. The minimum atomic E-state index is 0.581. The highest BCUT2D eigenvalue weighted by molar-refractivity contribution is 5.40. The fourth-order valence-corrected chi connectivity index (χ4v) is 0.848. The van der Waals surface area contributed by atoms with E-state index in [1.54, 1.807) is 6.20 Å². The Kier molecular flexibility index (Phi) is 1.18. The van der Waals surface area contributed by atoms with Gasteiger partial charge in [0.2, 0.25) is 5.82 Å². The highest BCUT2D eigenvalue weighted by Crippen LogP contribution is 2.06. The van der Waals surface area contributed by atoms with Gasteiger partial charge in [-0.2, -0.15) is 0 Å². The Balaban J connectivity index is 2.53. The molecule has 0 saturated carbocycles. The van der Waals surface area contributed by atoms with Crippen LogP contribution >= 0.6 is 0 Å². The summed E-state index contributed by atoms with van der Waals surface area (Å²) in [5.74, 6) is 1.31. The van der Waals surface area contributed by atoms with Crippen molar-refractivity contribution in [2.45, 2.75) is 0 Å². The predicted octanol–water partition coefficient (Wildman–Crippen LogP) is -0.400. The fraction of sp³-hybridized carbons (Fsp3) is 0.200. The summed E-state index contributed by atoms with van der Waals surface area (Å²) in [6, 6.07) is 0. The number of nitrogens with zero attached hydrogens (tertiary/aromatic N) is 5. The molecule has 2 aromatic rings. The Morgan fingerprint density at radius 3 is 3.00 bits per heavy atom. The number of hydrogen-bond donors (Lipinski definition) is 1. The Hall–Kier alpha value is -1.72. The molecule has 0 aliphatic carbocycles. The summed E-state index contributed by atoms with van der Waals surface area (Å²) >= 11 is 0. The van der Waals surface area contributed by atoms with Crippen LogP contribution in [0.25, 0.3) is 11.6 Å². The van der Waals surface area contributed by atoms with Crippen LogP contribution in [0.3, 0.4) is 0 Å². The maximum absolute atomic E-state index is 4.05. The van der Waals surface area contributed by atoms with Gasteiger partial charge in [-0.25, -0.2) is 10.1 Å². The van der Waals surface area contributed by atoms with Gasteiger partial charge in [-0.15, -0.1) is 5.10 Å². The number of aromatic amines is 1. The van der Waals surface area contributed by atoms with Gasteiger partial charge in [0.1, 0.15) is 0 Å². The second-order valence-corrected chi connectivity index (χ2v) is 2.11. The van der Waals surface area contributed by atoms with Crippen molar-refractivity contribution in [3.05, 3.63) is 12.4 Å². The van der Waals surface area contributed by atoms with Gasteiger partial charge in [0.25, 0.3) is 0 Å². The van der Waals surface area contributed by atoms with Gasteiger partial charge in [0.15, 0.2) is 5.82 Å². The number of hydrogen-bond acceptors (Lipinski definition) is 4. The molecule has 6 nitrogen and oxygen atoms in total. The number of aromatic nitrogens is 6. The van der Waals surface area contributed by atoms with E-state index in [1.165, 1.54) is 0 Å². The second-order valence-electron chi connectivity index (χ2n) is 2.11. The molecule has 0 saturated heterocycles. The van der Waals surface area contributed by atoms with Gasteiger partial charge in [-0.05, 0) is 10.4 Å². The first kappa shape index (κ1) is 6.02. The predicted molar refractivity (Wildman–Crippen MR) is 36.4 cm³/mol. The molecule has 1 N–H and O–H groups in total. The molecule has 0 unspecified atom stereocenters. The van der Waals surface area contributed by atoms with Crippen LogP contribution in [0.15, 0.2) is 12.4 Å². The maximum Gasteiger partial charge on any atom is 0.215 e. The van der Waals surface area contributed by atoms with Crippen molar-refractivity contribution < 1.29 is 0 Å². The van der Waals surface area contributed by atoms with Gasteiger partial charge in [-0.1, -0.05) is 0 Å². The van der Waals surface area contributed by atoms with Crippen LogP contribution in [0, 0.1) is 0 Å². The standard InChI is InChI=1S/C5H6N6/c1-11-3-2-6-5(11)4-7-9-10-8-4/h2-3H,1H3,(H,7,8,9,10). The van der Waals surface area contributed by atoms with Crippen LogP contribution in [0.4, 0.5) is 0 Å². The number of H-pyrrole nitrogens is 1. The summed E-state index contributed by atoms with van der Waals surface area (Å²) in [5.41, 5.74) is 0. The van der Waals surface area contributed by atoms with E-state index in [0.29, 0.717) is 5.82 Å². The summed E-state index contributed by atoms with van der Waals surface area (Å²) < 4.78 is 1.84. The molecule has 0 aromatic carbocycles. The van der Waals surface area contributed by atoms with Gasteiger partial charge in [0.05, 0.1) is 0 Å². The zero-order valence-corrected chi connectivity index (χ0v) is 5.89. The first-order chi connectivity index (χ1) is 5.38. The third kappa shape index (κ3) is 0.878. The smallest absolute Gasteiger partial charge is 0.215 e. The van der Waals surface area contributed by atoms with E-state index in [9.17, 15) is 0 Å². The van der Waals surface area contributed by atoms with Gasteiger partial charge < -0.3 is 4.57 Å². The van der Waals surface area contributed by atoms with Crippen LogP contribution in [0.5, 0.6) is 0 Å². The lowest BCUT2D eigenvalue weighted by atomic mass is 10.6. The number of nitrogens with one attached hydrogen (secondary N) is 1. The molecule has 0 bridgehead atoms. The zero-order valence-electron chi connectivity index (χ0n) is 5.89. The summed E-state index contributed by atoms with van der Waals surface area (Å²) in [6.45, 7) is 0. The number of tetrazole rings is 1. The summed E-state index contributed by atoms with van der Waals surface area (Å²) in [7, 11) is 1.88. The van der Waals surface area contributed by atoms with Crippen molar-refractivity contribution in [2.24, 2.45) is 7.05 Å². The van der Waals surface area contributed by atoms with Crippen molar-refractivity contribution in [3.63, 3.8) is 0 Å². The Bertz CT molecular complexity index is 333. The molecule has 0 spiro atoms. The third-order valence-electron chi connectivity index (χ3n) is 1.38. The molecule has 0 amide bonds. The topological polar surface area (TPSA) is 72.3 Å². The largest absolute Gasteiger partial charge is 0.331 e. The Morgan fingerprint density at radius 1 is 1.55 bits per heavy atom. The minimum absolute atomic E-state index is 0.581. The fourth-order valence-electron chi connectivity index (χ4n) is 0.848. The second kappa shape index (κ2) is 2.15. The highest BCUT2D eigenvalue weighted by Gasteiger charge is 2.05. The molecule has 11 heavy (non-hydrogen) atoms. The minimum Gasteiger partial charge on any atom is -0.331 e. The van der Waals surface area contributed by atoms with Crippen LogP contribution < -0.4 is 0 Å². The Morgan fingerprint density at radius 2 is 2.45 bits per heavy atom. The van der Waals surface area contributed by atoms with Crippen molar-refractivity contribution in [3.8, 4) is 11.6 Å². The van der Waals surface area contributed by atoms with Crippen LogP contribution in [-0.2, 0) is 7.05 Å². The summed E-state index contributed by atoms with van der Waals surface area (Å²) in [4.78, 5) is 4.05. The van der Waals surface area contributed by atoms with Crippen LogP contribution in [-0.4, -0.2) is 30.2 Å². The average molecular weight is 150 g/mol. The maximum atomic E-state index is 4.05. The number of rotatable bonds is 1. The molecular formula is C5H6N6. The summed E-state index contributed by atoms with van der Waals surface area (Å²) in [6.07, 6.45) is 3.52. The van der Waals surface area contributed by atoms with Crippen molar-refractivity contribution in [1.82, 2.24) is 30.2 Å². The van der Waals surface area contributed by atoms with Crippen molar-refractivity contribution >= 4 is 0 Å². The molecule has 2 rings (SSSR count). The molecule has 2 aromatic heterocycles. The number of aryl methyl sites for hydroxylation is 1. The molecule has 0 fully saturated rings. The zero-order chi connectivity index (χ0) is 7.68. The van der Waals surface area contributed by atoms with Crippen molar-refractivity contribution in [1.29, 1.82) is 0 Å². The SMILES string of the molecule is Cn1ccnc1-c1nnn[nH]1. The van der Waals surface area contributed by atoms with Gasteiger partial charge in [-0.3, -0.25) is 0 Å². The van der Waals surface area contributed by atoms with E-state index in [4.69, 9.17) is 0 Å². The van der Waals surface area contributed by atoms with E-state index in [-0.39, 0.29) is 0 Å². The first-order valence-corrected chi connectivity index (χ1v) is 3.09. The van der Waals surface area contributed by atoms with E-state index < -0.39 is 0 Å². The van der Waals surface area contributed by atoms with E-state index in [1.807, 2.05) is 17.8 Å². The quantitative estimate of drug-likeness (QED) is 0.600. The lowest BCUT2D eigenvalue weighted by Crippen LogP contribution is -1.92. The average Bonchev–Trinajstić information content (AvgIpc) is 2.55. The van der Waals surface area contributed by atoms with Gasteiger partial charge in [0, 0.05) is 19.4 Å². The van der Waals surface area contributed by atoms with Crippen LogP contribution in [0.1, 0.15) is 0 Å². The molecule has 0 aliphatic rings. The highest BCUT2D eigenvalue weighted by atomic mass is 15.5. The molecule has 2 heterocycles. The van der Waals surface area contributed by atoms with Crippen LogP contribution in [0.2, 0.25) is 0 Å². The monoisotopic (exact) mass is 150 g/mol. The summed E-state index contributed by atoms with van der Waals surface area (Å²) in [5, 5.41) is 13.2.